The van der Waals surface area contributed by atoms with E-state index in [4.69, 9.17) is 13.6 Å². The van der Waals surface area contributed by atoms with Crippen molar-refractivity contribution < 1.29 is 18.4 Å². The quantitative estimate of drug-likeness (QED) is 0.833. The van der Waals surface area contributed by atoms with Crippen LogP contribution in [0.4, 0.5) is 4.79 Å². The van der Waals surface area contributed by atoms with Crippen LogP contribution in [0.3, 0.4) is 0 Å². The number of nitrogens with one attached hydrogen (secondary N) is 1. The summed E-state index contributed by atoms with van der Waals surface area (Å²) in [5.41, 5.74) is -1.25. The summed E-state index contributed by atoms with van der Waals surface area (Å²) in [4.78, 5) is 14.3. The van der Waals surface area contributed by atoms with Crippen molar-refractivity contribution >= 4 is 6.09 Å². The fourth-order valence-electron chi connectivity index (χ4n) is 3.15. The fourth-order valence-corrected chi connectivity index (χ4v) is 3.15. The maximum atomic E-state index is 12.6. The van der Waals surface area contributed by atoms with Crippen LogP contribution >= 0.6 is 0 Å². The average molecular weight is 273 g/mol. The van der Waals surface area contributed by atoms with Gasteiger partial charge in [-0.05, 0) is 40.5 Å². The van der Waals surface area contributed by atoms with Crippen LogP contribution in [0.25, 0.3) is 0 Å². The van der Waals surface area contributed by atoms with Gasteiger partial charge < -0.3 is 14.8 Å². The highest BCUT2D eigenvalue weighted by atomic mass is 16.6. The van der Waals surface area contributed by atoms with Gasteiger partial charge >= 0.3 is 6.09 Å². The van der Waals surface area contributed by atoms with Crippen molar-refractivity contribution in [1.29, 1.82) is 0 Å². The molecule has 2 bridgehead atoms. The van der Waals surface area contributed by atoms with E-state index in [1.807, 2.05) is 20.8 Å². The van der Waals surface area contributed by atoms with E-state index in [-0.39, 0.29) is 6.04 Å². The largest absolute Gasteiger partial charge is 0.444 e. The molecule has 2 fully saturated rings. The normalized spacial score (nSPS) is 35.3. The van der Waals surface area contributed by atoms with Gasteiger partial charge in [-0.2, -0.15) is 0 Å². The number of nitrogens with zero attached hydrogens (tertiary/aromatic N) is 1. The monoisotopic (exact) mass is 273 g/mol. The summed E-state index contributed by atoms with van der Waals surface area (Å²) in [5, 5.41) is 3.29. The summed E-state index contributed by atoms with van der Waals surface area (Å²) in [6.45, 7) is 8.40. The predicted molar refractivity (Wildman–Crippen MR) is 73.2 cm³/mol. The summed E-state index contributed by atoms with van der Waals surface area (Å²) in [6.07, 6.45) is 0.532. The lowest BCUT2D eigenvalue weighted by Gasteiger charge is -2.47. The number of amides is 1. The molecular formula is C14H26N2O3. The van der Waals surface area contributed by atoms with Crippen molar-refractivity contribution in [1.82, 2.24) is 10.2 Å². The third-order valence-corrected chi connectivity index (χ3v) is 4.09. The molecule has 3 unspecified atom stereocenters. The molecule has 2 aliphatic heterocycles. The molecular weight excluding hydrogens is 244 g/mol. The number of ether oxygens (including phenoxy) is 2. The Labute approximate surface area is 119 Å². The number of rotatable bonds is 2. The minimum atomic E-state index is -2.48. The Hall–Kier alpha value is -0.810. The molecule has 3 atom stereocenters. The molecule has 1 N–H and O–H groups in total. The molecule has 0 aliphatic carbocycles. The second-order valence-corrected chi connectivity index (χ2v) is 6.54. The van der Waals surface area contributed by atoms with Crippen molar-refractivity contribution in [3.05, 3.63) is 0 Å². The summed E-state index contributed by atoms with van der Waals surface area (Å²) in [7, 11) is -2.48. The van der Waals surface area contributed by atoms with Crippen LogP contribution in [0, 0.1) is 0 Å². The highest BCUT2D eigenvalue weighted by molar-refractivity contribution is 5.71. The van der Waals surface area contributed by atoms with Crippen molar-refractivity contribution in [3.63, 3.8) is 0 Å². The third kappa shape index (κ3) is 2.58. The number of piperazine rings is 1. The van der Waals surface area contributed by atoms with Gasteiger partial charge in [0.1, 0.15) is 5.60 Å². The molecule has 2 saturated heterocycles. The van der Waals surface area contributed by atoms with Crippen LogP contribution in [-0.4, -0.2) is 54.4 Å². The lowest BCUT2D eigenvalue weighted by Crippen LogP contribution is -2.67. The molecule has 5 nitrogen and oxygen atoms in total. The molecule has 0 spiro atoms. The first-order valence-corrected chi connectivity index (χ1v) is 6.85. The van der Waals surface area contributed by atoms with Gasteiger partial charge in [0.05, 0.1) is 15.8 Å². The third-order valence-electron chi connectivity index (χ3n) is 4.09. The molecule has 2 rings (SSSR count). The number of hydrogen-bond donors (Lipinski definition) is 1. The minimum Gasteiger partial charge on any atom is -0.444 e. The minimum absolute atomic E-state index is 0.0197. The lowest BCUT2D eigenvalue weighted by molar-refractivity contribution is -0.0602. The summed E-state index contributed by atoms with van der Waals surface area (Å²) in [6, 6.07) is 0.0197. The summed E-state index contributed by atoms with van der Waals surface area (Å²) in [5.74, 6) is 0. The lowest BCUT2D eigenvalue weighted by atomic mass is 9.89. The maximum absolute atomic E-state index is 12.6. The van der Waals surface area contributed by atoms with E-state index in [9.17, 15) is 4.79 Å². The van der Waals surface area contributed by atoms with Crippen molar-refractivity contribution in [2.75, 3.05) is 20.1 Å². The van der Waals surface area contributed by atoms with E-state index in [0.29, 0.717) is 19.5 Å². The molecule has 110 valence electrons. The van der Waals surface area contributed by atoms with Gasteiger partial charge in [-0.25, -0.2) is 4.79 Å². The molecule has 5 heteroatoms. The van der Waals surface area contributed by atoms with Crippen LogP contribution in [0.2, 0.25) is 0 Å². The van der Waals surface area contributed by atoms with E-state index < -0.39 is 30.4 Å². The van der Waals surface area contributed by atoms with E-state index >= 15 is 0 Å². The number of carbonyl (C=O) groups is 1. The maximum Gasteiger partial charge on any atom is 0.411 e. The Balaban J connectivity index is 2.24. The van der Waals surface area contributed by atoms with Crippen molar-refractivity contribution in [2.45, 2.75) is 63.8 Å². The Morgan fingerprint density at radius 1 is 1.58 bits per heavy atom. The molecule has 0 aromatic rings. The van der Waals surface area contributed by atoms with Gasteiger partial charge in [-0.15, -0.1) is 0 Å². The average Bonchev–Trinajstić information content (AvgIpc) is 2.53. The number of methoxy groups -OCH3 is 1. The predicted octanol–water partition coefficient (Wildman–Crippen LogP) is 1.76. The van der Waals surface area contributed by atoms with Crippen molar-refractivity contribution in [3.8, 4) is 0 Å². The Kier molecular flexibility index (Phi) is 2.84. The van der Waals surface area contributed by atoms with Gasteiger partial charge in [-0.1, -0.05) is 0 Å². The molecule has 1 amide bonds. The number of fused-ring (bicyclic) bond motifs is 2. The van der Waals surface area contributed by atoms with Crippen LogP contribution in [0.1, 0.15) is 44.6 Å². The number of hydrogen-bond acceptors (Lipinski definition) is 4. The first-order chi connectivity index (χ1) is 9.95. The smallest absolute Gasteiger partial charge is 0.411 e. The fraction of sp³-hybridized carbons (Fsp3) is 0.929. The van der Waals surface area contributed by atoms with Gasteiger partial charge in [0.25, 0.3) is 0 Å². The molecule has 0 aromatic carbocycles. The Morgan fingerprint density at radius 3 is 2.95 bits per heavy atom. The second-order valence-electron chi connectivity index (χ2n) is 6.54. The molecule has 0 aromatic heterocycles. The van der Waals surface area contributed by atoms with Crippen LogP contribution in [0.5, 0.6) is 0 Å². The standard InChI is InChI=1S/C14H26N2O3/c1-10(18-5)14-7-6-11(8-15-9-14)16(14)12(17)19-13(2,3)4/h10-11,15H,6-9H2,1-5H3/i5D3. The zero-order valence-electron chi connectivity index (χ0n) is 15.2. The highest BCUT2D eigenvalue weighted by Gasteiger charge is 2.55. The highest BCUT2D eigenvalue weighted by Crippen LogP contribution is 2.40. The van der Waals surface area contributed by atoms with Crippen LogP contribution in [0.15, 0.2) is 0 Å². The van der Waals surface area contributed by atoms with Gasteiger partial charge in [0, 0.05) is 26.2 Å². The zero-order chi connectivity index (χ0) is 16.8. The Morgan fingerprint density at radius 2 is 2.32 bits per heavy atom. The number of carbonyl (C=O) groups excluding carboxylic acids is 1. The SMILES string of the molecule is [2H]C([2H])([2H])OC(C)C12CCC(CNC1)N2C(=O)OC(C)(C)C. The van der Waals surface area contributed by atoms with E-state index in [0.717, 1.165) is 6.42 Å². The second kappa shape index (κ2) is 4.94. The van der Waals surface area contributed by atoms with E-state index in [2.05, 4.69) is 5.32 Å². The van der Waals surface area contributed by atoms with Gasteiger partial charge in [-0.3, -0.25) is 4.90 Å². The molecule has 19 heavy (non-hydrogen) atoms. The van der Waals surface area contributed by atoms with Gasteiger partial charge in [0.2, 0.25) is 0 Å². The molecule has 0 radical (unpaired) electrons. The Bertz CT molecular complexity index is 432. The topological polar surface area (TPSA) is 50.8 Å². The van der Waals surface area contributed by atoms with Crippen molar-refractivity contribution in [2.24, 2.45) is 0 Å². The summed E-state index contributed by atoms with van der Waals surface area (Å²) < 4.78 is 32.7. The zero-order valence-corrected chi connectivity index (χ0v) is 12.2. The molecule has 2 heterocycles. The van der Waals surface area contributed by atoms with E-state index in [1.165, 1.54) is 0 Å². The summed E-state index contributed by atoms with van der Waals surface area (Å²) >= 11 is 0. The molecule has 0 saturated carbocycles. The van der Waals surface area contributed by atoms with E-state index in [1.54, 1.807) is 11.8 Å². The molecule has 2 aliphatic rings. The van der Waals surface area contributed by atoms with Gasteiger partial charge in [0.15, 0.2) is 0 Å². The first kappa shape index (κ1) is 10.9. The first-order valence-electron chi connectivity index (χ1n) is 8.35. The van der Waals surface area contributed by atoms with Crippen LogP contribution < -0.4 is 5.32 Å². The van der Waals surface area contributed by atoms with Crippen LogP contribution in [-0.2, 0) is 9.47 Å².